The molecule has 0 aromatic carbocycles. The van der Waals surface area contributed by atoms with Crippen molar-refractivity contribution in [1.82, 2.24) is 4.98 Å². The molecule has 6 heteroatoms. The molecule has 1 N–H and O–H groups in total. The van der Waals surface area contributed by atoms with E-state index in [1.165, 1.54) is 12.3 Å². The van der Waals surface area contributed by atoms with Crippen molar-refractivity contribution in [3.8, 4) is 5.75 Å². The molecule has 0 saturated carbocycles. The Morgan fingerprint density at radius 1 is 1.30 bits per heavy atom. The molecule has 0 unspecified atom stereocenters. The van der Waals surface area contributed by atoms with Gasteiger partial charge in [0.05, 0.1) is 19.4 Å². The van der Waals surface area contributed by atoms with Crippen molar-refractivity contribution < 1.29 is 18.7 Å². The Morgan fingerprint density at radius 3 is 2.45 bits per heavy atom. The predicted octanol–water partition coefficient (Wildman–Crippen LogP) is 3.11. The number of rotatable bonds is 6. The van der Waals surface area contributed by atoms with Crippen LogP contribution in [-0.4, -0.2) is 31.6 Å². The number of ether oxygens (including phenoxy) is 1. The minimum absolute atomic E-state index is 0.0230. The van der Waals surface area contributed by atoms with E-state index in [0.29, 0.717) is 19.0 Å². The van der Waals surface area contributed by atoms with Crippen molar-refractivity contribution in [2.75, 3.05) is 13.2 Å². The lowest BCUT2D eigenvalue weighted by molar-refractivity contribution is 0.202. The highest BCUT2D eigenvalue weighted by atomic mass is 28.4. The summed E-state index contributed by atoms with van der Waals surface area (Å²) in [6, 6.07) is 1.23. The van der Waals surface area contributed by atoms with E-state index in [-0.39, 0.29) is 10.7 Å². The Morgan fingerprint density at radius 2 is 1.95 bits per heavy atom. The molecule has 1 heterocycles. The standard InChI is InChI=1S/C14H24FNO3Si/c1-14(2,3)20(4,5)19-7-6-18-11-8-12(15)13(10-17)16-9-11/h8-9,17H,6-7,10H2,1-5H3. The van der Waals surface area contributed by atoms with Crippen LogP contribution in [0.2, 0.25) is 18.1 Å². The van der Waals surface area contributed by atoms with E-state index in [2.05, 4.69) is 38.8 Å². The minimum atomic E-state index is -1.77. The third-order valence-electron chi connectivity index (χ3n) is 3.66. The van der Waals surface area contributed by atoms with Crippen LogP contribution in [0, 0.1) is 5.82 Å². The minimum Gasteiger partial charge on any atom is -0.490 e. The number of nitrogens with zero attached hydrogens (tertiary/aromatic N) is 1. The van der Waals surface area contributed by atoms with E-state index in [4.69, 9.17) is 14.3 Å². The number of hydrogen-bond donors (Lipinski definition) is 1. The lowest BCUT2D eigenvalue weighted by Gasteiger charge is -2.36. The molecule has 20 heavy (non-hydrogen) atoms. The molecule has 0 radical (unpaired) electrons. The molecular formula is C14H24FNO3Si. The monoisotopic (exact) mass is 301 g/mol. The molecule has 1 aromatic heterocycles. The Bertz CT molecular complexity index is 447. The quantitative estimate of drug-likeness (QED) is 0.648. The smallest absolute Gasteiger partial charge is 0.192 e. The maximum Gasteiger partial charge on any atom is 0.192 e. The van der Waals surface area contributed by atoms with Crippen molar-refractivity contribution >= 4 is 8.32 Å². The van der Waals surface area contributed by atoms with Crippen molar-refractivity contribution in [3.05, 3.63) is 23.8 Å². The van der Waals surface area contributed by atoms with Crippen molar-refractivity contribution in [2.45, 2.75) is 45.5 Å². The fraction of sp³-hybridized carbons (Fsp3) is 0.643. The van der Waals surface area contributed by atoms with E-state index >= 15 is 0 Å². The molecule has 0 spiro atoms. The Kier molecular flexibility index (Phi) is 5.67. The summed E-state index contributed by atoms with van der Waals surface area (Å²) in [4.78, 5) is 3.78. The number of halogens is 1. The summed E-state index contributed by atoms with van der Waals surface area (Å²) in [5.41, 5.74) is 0.0230. The molecule has 0 saturated heterocycles. The average Bonchev–Trinajstić information content (AvgIpc) is 2.33. The molecular weight excluding hydrogens is 277 g/mol. The van der Waals surface area contributed by atoms with Gasteiger partial charge < -0.3 is 14.3 Å². The summed E-state index contributed by atoms with van der Waals surface area (Å²) < 4.78 is 24.7. The largest absolute Gasteiger partial charge is 0.490 e. The van der Waals surface area contributed by atoms with E-state index in [0.717, 1.165) is 0 Å². The normalized spacial score (nSPS) is 12.6. The molecule has 0 aliphatic carbocycles. The van der Waals surface area contributed by atoms with Crippen LogP contribution >= 0.6 is 0 Å². The molecule has 1 rings (SSSR count). The van der Waals surface area contributed by atoms with Crippen LogP contribution in [0.3, 0.4) is 0 Å². The van der Waals surface area contributed by atoms with Crippen LogP contribution < -0.4 is 4.74 Å². The van der Waals surface area contributed by atoms with Crippen molar-refractivity contribution in [3.63, 3.8) is 0 Å². The first kappa shape index (κ1) is 17.1. The SMILES string of the molecule is CC(C)(C)[Si](C)(C)OCCOc1cnc(CO)c(F)c1. The van der Waals surface area contributed by atoms with Gasteiger partial charge >= 0.3 is 0 Å². The number of pyridine rings is 1. The summed E-state index contributed by atoms with van der Waals surface area (Å²) in [6.45, 7) is 11.3. The molecule has 0 aliphatic heterocycles. The predicted molar refractivity (Wildman–Crippen MR) is 78.8 cm³/mol. The number of hydrogen-bond acceptors (Lipinski definition) is 4. The molecule has 0 amide bonds. The summed E-state index contributed by atoms with van der Waals surface area (Å²) in [6.07, 6.45) is 1.40. The summed E-state index contributed by atoms with van der Waals surface area (Å²) in [5, 5.41) is 8.99. The van der Waals surface area contributed by atoms with Crippen LogP contribution in [0.15, 0.2) is 12.3 Å². The van der Waals surface area contributed by atoms with Gasteiger partial charge in [-0.3, -0.25) is 4.98 Å². The van der Waals surface area contributed by atoms with Gasteiger partial charge in [0.15, 0.2) is 14.1 Å². The van der Waals surface area contributed by atoms with Crippen LogP contribution in [0.1, 0.15) is 26.5 Å². The Balaban J connectivity index is 2.44. The van der Waals surface area contributed by atoms with Crippen molar-refractivity contribution in [2.24, 2.45) is 0 Å². The van der Waals surface area contributed by atoms with Gasteiger partial charge in [-0.25, -0.2) is 4.39 Å². The maximum atomic E-state index is 13.4. The molecule has 4 nitrogen and oxygen atoms in total. The maximum absolute atomic E-state index is 13.4. The zero-order chi connectivity index (χ0) is 15.4. The molecule has 114 valence electrons. The van der Waals surface area contributed by atoms with Gasteiger partial charge in [0.25, 0.3) is 0 Å². The van der Waals surface area contributed by atoms with Crippen LogP contribution in [-0.2, 0) is 11.0 Å². The van der Waals surface area contributed by atoms with Gasteiger partial charge in [0.1, 0.15) is 18.1 Å². The Labute approximate surface area is 121 Å². The fourth-order valence-corrected chi connectivity index (χ4v) is 2.34. The molecule has 0 fully saturated rings. The second kappa shape index (κ2) is 6.65. The molecule has 0 bridgehead atoms. The second-order valence-corrected chi connectivity index (χ2v) is 11.0. The van der Waals surface area contributed by atoms with Crippen LogP contribution in [0.5, 0.6) is 5.75 Å². The van der Waals surface area contributed by atoms with E-state index < -0.39 is 20.7 Å². The van der Waals surface area contributed by atoms with E-state index in [1.54, 1.807) is 0 Å². The first-order chi connectivity index (χ1) is 9.17. The highest BCUT2D eigenvalue weighted by Crippen LogP contribution is 2.36. The average molecular weight is 301 g/mol. The van der Waals surface area contributed by atoms with Gasteiger partial charge in [-0.15, -0.1) is 0 Å². The van der Waals surface area contributed by atoms with Gasteiger partial charge in [0, 0.05) is 6.07 Å². The van der Waals surface area contributed by atoms with Gasteiger partial charge in [-0.05, 0) is 18.1 Å². The third kappa shape index (κ3) is 4.54. The van der Waals surface area contributed by atoms with Gasteiger partial charge in [-0.1, -0.05) is 20.8 Å². The van der Waals surface area contributed by atoms with E-state index in [1.807, 2.05) is 0 Å². The first-order valence-corrected chi connectivity index (χ1v) is 9.60. The Hall–Kier alpha value is -0.983. The zero-order valence-corrected chi connectivity index (χ0v) is 13.9. The first-order valence-electron chi connectivity index (χ1n) is 6.69. The lowest BCUT2D eigenvalue weighted by Crippen LogP contribution is -2.41. The fourth-order valence-electron chi connectivity index (χ4n) is 1.32. The highest BCUT2D eigenvalue weighted by molar-refractivity contribution is 6.74. The second-order valence-electron chi connectivity index (χ2n) is 6.21. The molecule has 0 atom stereocenters. The summed E-state index contributed by atoms with van der Waals surface area (Å²) in [5.74, 6) is -0.214. The molecule has 1 aromatic rings. The topological polar surface area (TPSA) is 51.6 Å². The van der Waals surface area contributed by atoms with E-state index in [9.17, 15) is 4.39 Å². The summed E-state index contributed by atoms with van der Waals surface area (Å²) >= 11 is 0. The van der Waals surface area contributed by atoms with Crippen LogP contribution in [0.25, 0.3) is 0 Å². The zero-order valence-electron chi connectivity index (χ0n) is 12.9. The van der Waals surface area contributed by atoms with Crippen molar-refractivity contribution in [1.29, 1.82) is 0 Å². The number of aromatic nitrogens is 1. The van der Waals surface area contributed by atoms with Gasteiger partial charge in [0.2, 0.25) is 0 Å². The van der Waals surface area contributed by atoms with Crippen LogP contribution in [0.4, 0.5) is 4.39 Å². The van der Waals surface area contributed by atoms with Gasteiger partial charge in [-0.2, -0.15) is 0 Å². The lowest BCUT2D eigenvalue weighted by atomic mass is 10.2. The summed E-state index contributed by atoms with van der Waals surface area (Å²) in [7, 11) is -1.77. The number of aliphatic hydroxyl groups excluding tert-OH is 1. The highest BCUT2D eigenvalue weighted by Gasteiger charge is 2.36. The number of aliphatic hydroxyl groups is 1. The molecule has 0 aliphatic rings. The third-order valence-corrected chi connectivity index (χ3v) is 8.20.